The molecule has 5 atom stereocenters. The van der Waals surface area contributed by atoms with Gasteiger partial charge in [-0.15, -0.1) is 0 Å². The molecule has 0 bridgehead atoms. The maximum absolute atomic E-state index is 4.00. The minimum Gasteiger partial charge on any atom is -0.314 e. The standard InChI is InChI=1S/C18H26N2/c1-2-6-13(7-3-1)15-12-18(15)20-17-10-11-19-16-9-5-4-8-14(16)17/h1-3,6-7,14-20H,4-5,8-12H2/t14?,15-,16?,17?,18+/m0/s1. The Bertz CT molecular complexity index is 442. The van der Waals surface area contributed by atoms with Crippen LogP contribution in [-0.4, -0.2) is 24.7 Å². The van der Waals surface area contributed by atoms with Crippen LogP contribution in [0.4, 0.5) is 0 Å². The second-order valence-electron chi connectivity index (χ2n) is 6.93. The molecule has 1 aromatic rings. The summed E-state index contributed by atoms with van der Waals surface area (Å²) in [5, 5.41) is 7.75. The summed E-state index contributed by atoms with van der Waals surface area (Å²) >= 11 is 0. The number of fused-ring (bicyclic) bond motifs is 1. The number of hydrogen-bond donors (Lipinski definition) is 2. The molecule has 2 heteroatoms. The Morgan fingerprint density at radius 2 is 1.80 bits per heavy atom. The third-order valence-electron chi connectivity index (χ3n) is 5.64. The van der Waals surface area contributed by atoms with Gasteiger partial charge in [0.15, 0.2) is 0 Å². The summed E-state index contributed by atoms with van der Waals surface area (Å²) in [5.74, 6) is 1.66. The second-order valence-corrected chi connectivity index (χ2v) is 6.93. The molecule has 0 spiro atoms. The van der Waals surface area contributed by atoms with Crippen LogP contribution in [0.15, 0.2) is 30.3 Å². The van der Waals surface area contributed by atoms with Crippen molar-refractivity contribution in [3.8, 4) is 0 Å². The van der Waals surface area contributed by atoms with E-state index >= 15 is 0 Å². The van der Waals surface area contributed by atoms with Gasteiger partial charge in [0.1, 0.15) is 0 Å². The highest BCUT2D eigenvalue weighted by atomic mass is 15.1. The monoisotopic (exact) mass is 270 g/mol. The van der Waals surface area contributed by atoms with Gasteiger partial charge in [-0.2, -0.15) is 0 Å². The van der Waals surface area contributed by atoms with Gasteiger partial charge in [-0.25, -0.2) is 0 Å². The third kappa shape index (κ3) is 2.51. The maximum Gasteiger partial charge on any atom is 0.0145 e. The lowest BCUT2D eigenvalue weighted by Gasteiger charge is -2.42. The van der Waals surface area contributed by atoms with Crippen LogP contribution in [0, 0.1) is 5.92 Å². The van der Waals surface area contributed by atoms with E-state index in [1.807, 2.05) is 0 Å². The Balaban J connectivity index is 1.38. The van der Waals surface area contributed by atoms with E-state index in [2.05, 4.69) is 41.0 Å². The van der Waals surface area contributed by atoms with Gasteiger partial charge in [0.2, 0.25) is 0 Å². The van der Waals surface area contributed by atoms with E-state index in [0.717, 1.165) is 30.0 Å². The van der Waals surface area contributed by atoms with E-state index < -0.39 is 0 Å². The van der Waals surface area contributed by atoms with Crippen LogP contribution in [0.2, 0.25) is 0 Å². The summed E-state index contributed by atoms with van der Waals surface area (Å²) in [7, 11) is 0. The Labute approximate surface area is 122 Å². The normalized spacial score (nSPS) is 40.1. The molecule has 0 amide bonds. The average Bonchev–Trinajstić information content (AvgIpc) is 3.28. The second kappa shape index (κ2) is 5.50. The molecule has 20 heavy (non-hydrogen) atoms. The van der Waals surface area contributed by atoms with Gasteiger partial charge < -0.3 is 10.6 Å². The highest BCUT2D eigenvalue weighted by Crippen LogP contribution is 2.42. The molecule has 3 aliphatic rings. The number of rotatable bonds is 3. The smallest absolute Gasteiger partial charge is 0.0145 e. The van der Waals surface area contributed by atoms with Crippen molar-refractivity contribution >= 4 is 0 Å². The van der Waals surface area contributed by atoms with Crippen molar-refractivity contribution in [2.45, 2.75) is 62.6 Å². The van der Waals surface area contributed by atoms with Crippen LogP contribution in [-0.2, 0) is 0 Å². The fourth-order valence-corrected chi connectivity index (χ4v) is 4.46. The van der Waals surface area contributed by atoms with E-state index in [-0.39, 0.29) is 0 Å². The zero-order valence-corrected chi connectivity index (χ0v) is 12.2. The number of piperidine rings is 1. The van der Waals surface area contributed by atoms with E-state index in [9.17, 15) is 0 Å². The molecular formula is C18H26N2. The van der Waals surface area contributed by atoms with E-state index in [0.29, 0.717) is 0 Å². The van der Waals surface area contributed by atoms with Crippen LogP contribution in [0.1, 0.15) is 50.0 Å². The van der Waals surface area contributed by atoms with Crippen molar-refractivity contribution in [2.24, 2.45) is 5.92 Å². The fraction of sp³-hybridized carbons (Fsp3) is 0.667. The van der Waals surface area contributed by atoms with Crippen LogP contribution < -0.4 is 10.6 Å². The summed E-state index contributed by atoms with van der Waals surface area (Å²) in [6, 6.07) is 13.3. The Morgan fingerprint density at radius 1 is 0.950 bits per heavy atom. The van der Waals surface area contributed by atoms with Gasteiger partial charge in [-0.1, -0.05) is 43.2 Å². The van der Waals surface area contributed by atoms with Crippen molar-refractivity contribution in [1.82, 2.24) is 10.6 Å². The van der Waals surface area contributed by atoms with Gasteiger partial charge >= 0.3 is 0 Å². The van der Waals surface area contributed by atoms with Gasteiger partial charge in [0.25, 0.3) is 0 Å². The molecule has 2 saturated carbocycles. The Morgan fingerprint density at radius 3 is 2.70 bits per heavy atom. The number of benzene rings is 1. The first-order valence-corrected chi connectivity index (χ1v) is 8.46. The largest absolute Gasteiger partial charge is 0.314 e. The van der Waals surface area contributed by atoms with E-state index in [1.54, 1.807) is 0 Å². The molecule has 1 saturated heterocycles. The van der Waals surface area contributed by atoms with Gasteiger partial charge in [-0.3, -0.25) is 0 Å². The highest BCUT2D eigenvalue weighted by Gasteiger charge is 2.42. The zero-order chi connectivity index (χ0) is 13.4. The minimum atomic E-state index is 0.739. The van der Waals surface area contributed by atoms with Crippen LogP contribution >= 0.6 is 0 Å². The van der Waals surface area contributed by atoms with Gasteiger partial charge in [0.05, 0.1) is 0 Å². The molecule has 2 N–H and O–H groups in total. The molecule has 1 aliphatic heterocycles. The van der Waals surface area contributed by atoms with Crippen molar-refractivity contribution in [3.05, 3.63) is 35.9 Å². The van der Waals surface area contributed by atoms with Crippen molar-refractivity contribution in [1.29, 1.82) is 0 Å². The van der Waals surface area contributed by atoms with E-state index in [1.165, 1.54) is 50.6 Å². The highest BCUT2D eigenvalue weighted by molar-refractivity contribution is 5.27. The molecule has 108 valence electrons. The predicted molar refractivity (Wildman–Crippen MR) is 82.9 cm³/mol. The quantitative estimate of drug-likeness (QED) is 0.882. The van der Waals surface area contributed by atoms with Crippen LogP contribution in [0.3, 0.4) is 0 Å². The minimum absolute atomic E-state index is 0.739. The first-order chi connectivity index (χ1) is 9.92. The molecule has 3 unspecified atom stereocenters. The lowest BCUT2D eigenvalue weighted by atomic mass is 9.76. The topological polar surface area (TPSA) is 24.1 Å². The molecule has 4 rings (SSSR count). The SMILES string of the molecule is c1ccc([C@@H]2C[C@H]2NC2CCNC3CCCCC32)cc1. The summed E-state index contributed by atoms with van der Waals surface area (Å²) in [6.07, 6.45) is 8.35. The zero-order valence-electron chi connectivity index (χ0n) is 12.2. The summed E-state index contributed by atoms with van der Waals surface area (Å²) in [6.45, 7) is 1.21. The Hall–Kier alpha value is -0.860. The third-order valence-corrected chi connectivity index (χ3v) is 5.64. The van der Waals surface area contributed by atoms with Gasteiger partial charge in [0, 0.05) is 24.0 Å². The Kier molecular flexibility index (Phi) is 3.53. The summed E-state index contributed by atoms with van der Waals surface area (Å²) in [5.41, 5.74) is 1.53. The van der Waals surface area contributed by atoms with Crippen LogP contribution in [0.5, 0.6) is 0 Å². The molecule has 1 heterocycles. The van der Waals surface area contributed by atoms with Crippen molar-refractivity contribution < 1.29 is 0 Å². The number of hydrogen-bond acceptors (Lipinski definition) is 2. The molecule has 0 aromatic heterocycles. The molecule has 0 radical (unpaired) electrons. The fourth-order valence-electron chi connectivity index (χ4n) is 4.46. The van der Waals surface area contributed by atoms with Gasteiger partial charge in [-0.05, 0) is 43.7 Å². The van der Waals surface area contributed by atoms with E-state index in [4.69, 9.17) is 0 Å². The summed E-state index contributed by atoms with van der Waals surface area (Å²) < 4.78 is 0. The lowest BCUT2D eigenvalue weighted by Crippen LogP contribution is -2.55. The molecule has 2 aliphatic carbocycles. The summed E-state index contributed by atoms with van der Waals surface area (Å²) in [4.78, 5) is 0. The first kappa shape index (κ1) is 12.8. The molecular weight excluding hydrogens is 244 g/mol. The molecule has 3 fully saturated rings. The molecule has 2 nitrogen and oxygen atoms in total. The average molecular weight is 270 g/mol. The number of nitrogens with one attached hydrogen (secondary N) is 2. The van der Waals surface area contributed by atoms with Crippen LogP contribution in [0.25, 0.3) is 0 Å². The lowest BCUT2D eigenvalue weighted by molar-refractivity contribution is 0.160. The maximum atomic E-state index is 4.00. The molecule has 1 aromatic carbocycles. The first-order valence-electron chi connectivity index (χ1n) is 8.46. The predicted octanol–water partition coefficient (Wildman–Crippen LogP) is 3.05. The van der Waals surface area contributed by atoms with Crippen molar-refractivity contribution in [3.63, 3.8) is 0 Å². The van der Waals surface area contributed by atoms with Crippen molar-refractivity contribution in [2.75, 3.05) is 6.54 Å².